The minimum atomic E-state index is -3.76. The van der Waals surface area contributed by atoms with Crippen molar-refractivity contribution in [1.29, 1.82) is 0 Å². The van der Waals surface area contributed by atoms with E-state index in [1.807, 2.05) is 36.4 Å². The molecule has 8 nitrogen and oxygen atoms in total. The minimum absolute atomic E-state index is 0.0192. The smallest absolute Gasteiger partial charge is 0.258 e. The number of nitrogens with one attached hydrogen (secondary N) is 1. The first-order valence-electron chi connectivity index (χ1n) is 9.91. The number of pyridine rings is 2. The lowest BCUT2D eigenvalue weighted by Crippen LogP contribution is -2.11. The number of benzene rings is 2. The first kappa shape index (κ1) is 22.1. The van der Waals surface area contributed by atoms with E-state index in [0.29, 0.717) is 16.3 Å². The third-order valence-corrected chi connectivity index (χ3v) is 5.88. The summed E-state index contributed by atoms with van der Waals surface area (Å²) in [5, 5.41) is 16.4. The molecular weight excluding hydrogens is 440 g/mol. The lowest BCUT2D eigenvalue weighted by atomic mass is 10.0. The Bertz CT molecular complexity index is 1530. The number of H-pyrrole nitrogens is 1. The summed E-state index contributed by atoms with van der Waals surface area (Å²) in [4.78, 5) is 23.4. The third-order valence-electron chi connectivity index (χ3n) is 4.95. The highest BCUT2D eigenvalue weighted by Gasteiger charge is 2.10. The molecule has 0 aliphatic heterocycles. The van der Waals surface area contributed by atoms with Crippen LogP contribution in [0.15, 0.2) is 81.5 Å². The molecule has 2 heterocycles. The van der Waals surface area contributed by atoms with Crippen LogP contribution in [-0.2, 0) is 16.6 Å². The highest BCUT2D eigenvalue weighted by Crippen LogP contribution is 2.23. The van der Waals surface area contributed by atoms with Crippen LogP contribution < -0.4 is 10.7 Å². The van der Waals surface area contributed by atoms with Gasteiger partial charge in [0.25, 0.3) is 5.56 Å². The maximum Gasteiger partial charge on any atom is 0.258 e. The van der Waals surface area contributed by atoms with Crippen LogP contribution >= 0.6 is 0 Å². The van der Waals surface area contributed by atoms with Gasteiger partial charge in [-0.05, 0) is 53.6 Å². The van der Waals surface area contributed by atoms with E-state index in [1.165, 1.54) is 18.3 Å². The van der Waals surface area contributed by atoms with E-state index < -0.39 is 15.6 Å². The van der Waals surface area contributed by atoms with Crippen molar-refractivity contribution in [3.8, 4) is 5.88 Å². The lowest BCUT2D eigenvalue weighted by molar-refractivity contribution is 0.452. The molecule has 0 atom stereocenters. The number of nitrogens with zero attached hydrogens (tertiary/aromatic N) is 2. The molecule has 166 valence electrons. The standard InChI is InChI=1S/C24H20N4O4S/c25-33(31,32)19-9-5-17(6-10-19)14-26-15-22-21-13-16(4-8-18-3-1-2-12-27-18)7-11-20(21)23(29)28-24(22)30/h1-13,15H,14H2,(H2,25,31,32)(H2,28,29,30). The maximum atomic E-state index is 12.3. The molecule has 0 bridgehead atoms. The van der Waals surface area contributed by atoms with Crippen LogP contribution in [0.1, 0.15) is 22.4 Å². The molecular formula is C24H20N4O4S. The summed E-state index contributed by atoms with van der Waals surface area (Å²) in [6.07, 6.45) is 6.91. The molecule has 0 saturated heterocycles. The van der Waals surface area contributed by atoms with E-state index in [-0.39, 0.29) is 17.3 Å². The normalized spacial score (nSPS) is 12.2. The number of fused-ring (bicyclic) bond motifs is 1. The Morgan fingerprint density at radius 2 is 1.82 bits per heavy atom. The lowest BCUT2D eigenvalue weighted by Gasteiger charge is -2.06. The van der Waals surface area contributed by atoms with Crippen molar-refractivity contribution in [2.45, 2.75) is 11.4 Å². The van der Waals surface area contributed by atoms with Gasteiger partial charge in [0.15, 0.2) is 0 Å². The van der Waals surface area contributed by atoms with Crippen LogP contribution in [0, 0.1) is 0 Å². The predicted molar refractivity (Wildman–Crippen MR) is 129 cm³/mol. The molecule has 2 aromatic carbocycles. The average molecular weight is 461 g/mol. The van der Waals surface area contributed by atoms with Gasteiger partial charge in [0, 0.05) is 23.2 Å². The Morgan fingerprint density at radius 3 is 2.52 bits per heavy atom. The first-order chi connectivity index (χ1) is 15.8. The van der Waals surface area contributed by atoms with E-state index in [4.69, 9.17) is 5.14 Å². The van der Waals surface area contributed by atoms with Crippen molar-refractivity contribution >= 4 is 39.2 Å². The number of aromatic nitrogens is 2. The van der Waals surface area contributed by atoms with Crippen molar-refractivity contribution in [2.24, 2.45) is 10.1 Å². The van der Waals surface area contributed by atoms with Gasteiger partial charge < -0.3 is 5.11 Å². The zero-order valence-electron chi connectivity index (χ0n) is 17.3. The van der Waals surface area contributed by atoms with E-state index in [0.717, 1.165) is 16.8 Å². The Morgan fingerprint density at radius 1 is 1.03 bits per heavy atom. The van der Waals surface area contributed by atoms with Crippen molar-refractivity contribution in [2.75, 3.05) is 0 Å². The van der Waals surface area contributed by atoms with Crippen molar-refractivity contribution in [3.05, 3.63) is 99.6 Å². The molecule has 0 spiro atoms. The van der Waals surface area contributed by atoms with Gasteiger partial charge >= 0.3 is 0 Å². The number of sulfonamides is 1. The van der Waals surface area contributed by atoms with Gasteiger partial charge in [0.1, 0.15) is 0 Å². The zero-order valence-corrected chi connectivity index (χ0v) is 18.2. The zero-order chi connectivity index (χ0) is 23.4. The molecule has 2 aromatic heterocycles. The summed E-state index contributed by atoms with van der Waals surface area (Å²) in [7, 11) is -3.76. The summed E-state index contributed by atoms with van der Waals surface area (Å²) < 4.78 is 22.7. The molecule has 4 aromatic rings. The van der Waals surface area contributed by atoms with Gasteiger partial charge in [-0.1, -0.05) is 30.3 Å². The summed E-state index contributed by atoms with van der Waals surface area (Å²) in [6, 6.07) is 16.9. The van der Waals surface area contributed by atoms with Gasteiger partial charge in [-0.2, -0.15) is 0 Å². The minimum Gasteiger partial charge on any atom is -0.494 e. The van der Waals surface area contributed by atoms with Crippen LogP contribution in [-0.4, -0.2) is 29.7 Å². The van der Waals surface area contributed by atoms with E-state index in [1.54, 1.807) is 30.5 Å². The van der Waals surface area contributed by atoms with Crippen LogP contribution in [0.2, 0.25) is 0 Å². The maximum absolute atomic E-state index is 12.3. The number of aromatic amines is 1. The Hall–Kier alpha value is -4.08. The number of hydrogen-bond acceptors (Lipinski definition) is 6. The Kier molecular flexibility index (Phi) is 6.16. The fraction of sp³-hybridized carbons (Fsp3) is 0.0417. The van der Waals surface area contributed by atoms with Crippen LogP contribution in [0.3, 0.4) is 0 Å². The summed E-state index contributed by atoms with van der Waals surface area (Å²) in [6.45, 7) is 0.240. The third kappa shape index (κ3) is 5.22. The number of aromatic hydroxyl groups is 1. The molecule has 4 N–H and O–H groups in total. The highest BCUT2D eigenvalue weighted by molar-refractivity contribution is 7.89. The monoisotopic (exact) mass is 460 g/mol. The number of aliphatic imine (C=N–C) groups is 1. The number of nitrogens with two attached hydrogens (primary N) is 1. The molecule has 0 amide bonds. The molecule has 0 saturated carbocycles. The molecule has 4 rings (SSSR count). The first-order valence-corrected chi connectivity index (χ1v) is 11.5. The summed E-state index contributed by atoms with van der Waals surface area (Å²) in [5.41, 5.74) is 2.34. The molecule has 0 aliphatic carbocycles. The second kappa shape index (κ2) is 9.19. The second-order valence-corrected chi connectivity index (χ2v) is 8.83. The SMILES string of the molecule is NS(=O)(=O)c1ccc(CN=Cc2c(O)[nH]c(=O)c3ccc(C=Cc4ccccn4)cc23)cc1. The summed E-state index contributed by atoms with van der Waals surface area (Å²) >= 11 is 0. The second-order valence-electron chi connectivity index (χ2n) is 7.27. The summed E-state index contributed by atoms with van der Waals surface area (Å²) in [5.74, 6) is -0.285. The van der Waals surface area contributed by atoms with Gasteiger partial charge in [-0.3, -0.25) is 19.8 Å². The molecule has 0 aliphatic rings. The van der Waals surface area contributed by atoms with Crippen molar-refractivity contribution in [3.63, 3.8) is 0 Å². The van der Waals surface area contributed by atoms with E-state index >= 15 is 0 Å². The predicted octanol–water partition coefficient (Wildman–Crippen LogP) is 3.07. The molecule has 33 heavy (non-hydrogen) atoms. The fourth-order valence-electron chi connectivity index (χ4n) is 3.27. The van der Waals surface area contributed by atoms with Crippen LogP contribution in [0.25, 0.3) is 22.9 Å². The van der Waals surface area contributed by atoms with E-state index in [9.17, 15) is 18.3 Å². The quantitative estimate of drug-likeness (QED) is 0.380. The van der Waals surface area contributed by atoms with Crippen LogP contribution in [0.5, 0.6) is 5.88 Å². The molecule has 9 heteroatoms. The largest absolute Gasteiger partial charge is 0.494 e. The van der Waals surface area contributed by atoms with Gasteiger partial charge in [-0.15, -0.1) is 0 Å². The van der Waals surface area contributed by atoms with Gasteiger partial charge in [0.05, 0.1) is 22.7 Å². The molecule has 0 unspecified atom stereocenters. The number of rotatable bonds is 6. The number of hydrogen-bond donors (Lipinski definition) is 3. The molecule has 0 fully saturated rings. The molecule has 0 radical (unpaired) electrons. The number of primary sulfonamides is 1. The average Bonchev–Trinajstić information content (AvgIpc) is 2.80. The topological polar surface area (TPSA) is 138 Å². The fourth-order valence-corrected chi connectivity index (χ4v) is 3.79. The van der Waals surface area contributed by atoms with E-state index in [2.05, 4.69) is 15.0 Å². The van der Waals surface area contributed by atoms with Crippen LogP contribution in [0.4, 0.5) is 0 Å². The Balaban J connectivity index is 1.64. The van der Waals surface area contributed by atoms with Crippen molar-refractivity contribution in [1.82, 2.24) is 9.97 Å². The van der Waals surface area contributed by atoms with Crippen molar-refractivity contribution < 1.29 is 13.5 Å². The van der Waals surface area contributed by atoms with Gasteiger partial charge in [0.2, 0.25) is 15.9 Å². The Labute approximate surface area is 189 Å². The highest BCUT2D eigenvalue weighted by atomic mass is 32.2. The van der Waals surface area contributed by atoms with Gasteiger partial charge in [-0.25, -0.2) is 13.6 Å².